The lowest BCUT2D eigenvalue weighted by molar-refractivity contribution is -0.147. The monoisotopic (exact) mass is 274 g/mol. The van der Waals surface area contributed by atoms with Crippen LogP contribution in [0.2, 0.25) is 0 Å². The van der Waals surface area contributed by atoms with Gasteiger partial charge < -0.3 is 15.0 Å². The number of carbonyl (C=O) groups excluding carboxylic acids is 2. The van der Waals surface area contributed by atoms with Gasteiger partial charge >= 0.3 is 5.97 Å². The molecule has 18 heavy (non-hydrogen) atoms. The molecule has 1 N–H and O–H groups in total. The lowest BCUT2D eigenvalue weighted by atomic mass is 9.88. The van der Waals surface area contributed by atoms with Crippen LogP contribution >= 0.6 is 12.6 Å². The molecular formula is C12H22N2O3S. The number of piperidine rings is 1. The van der Waals surface area contributed by atoms with Crippen molar-refractivity contribution in [3.8, 4) is 0 Å². The van der Waals surface area contributed by atoms with Crippen molar-refractivity contribution in [2.45, 2.75) is 37.5 Å². The summed E-state index contributed by atoms with van der Waals surface area (Å²) in [5.41, 5.74) is 0. The summed E-state index contributed by atoms with van der Waals surface area (Å²) in [6, 6.07) is -0.669. The Bertz CT molecular complexity index is 291. The van der Waals surface area contributed by atoms with Crippen molar-refractivity contribution in [1.29, 1.82) is 0 Å². The van der Waals surface area contributed by atoms with Crippen LogP contribution in [0, 0.1) is 0 Å². The van der Waals surface area contributed by atoms with Crippen LogP contribution in [0.15, 0.2) is 0 Å². The second-order valence-electron chi connectivity index (χ2n) is 4.51. The molecule has 1 fully saturated rings. The first kappa shape index (κ1) is 15.3. The Morgan fingerprint density at radius 1 is 1.50 bits per heavy atom. The van der Waals surface area contributed by atoms with E-state index < -0.39 is 16.8 Å². The average Bonchev–Trinajstić information content (AvgIpc) is 2.37. The first-order chi connectivity index (χ1) is 8.57. The summed E-state index contributed by atoms with van der Waals surface area (Å²) in [4.78, 5) is 24.9. The molecule has 0 spiro atoms. The lowest BCUT2D eigenvalue weighted by Gasteiger charge is -2.41. The van der Waals surface area contributed by atoms with Crippen LogP contribution in [0.1, 0.15) is 26.7 Å². The minimum Gasteiger partial charge on any atom is -0.464 e. The number of hydrogen-bond acceptors (Lipinski definition) is 5. The average molecular weight is 274 g/mol. The summed E-state index contributed by atoms with van der Waals surface area (Å²) in [5, 5.41) is 2.56. The molecule has 0 saturated carbocycles. The molecule has 1 unspecified atom stereocenters. The van der Waals surface area contributed by atoms with Crippen LogP contribution in [0.25, 0.3) is 0 Å². The number of rotatable bonds is 6. The van der Waals surface area contributed by atoms with Crippen molar-refractivity contribution in [2.75, 3.05) is 26.2 Å². The number of hydrogen-bond donors (Lipinski definition) is 2. The molecule has 0 aromatic heterocycles. The van der Waals surface area contributed by atoms with Crippen LogP contribution in [-0.4, -0.2) is 54.3 Å². The third-order valence-electron chi connectivity index (χ3n) is 3.46. The Kier molecular flexibility index (Phi) is 5.95. The first-order valence-electron chi connectivity index (χ1n) is 6.38. The zero-order valence-electron chi connectivity index (χ0n) is 11.0. The summed E-state index contributed by atoms with van der Waals surface area (Å²) >= 11 is 4.64. The van der Waals surface area contributed by atoms with E-state index in [0.29, 0.717) is 13.0 Å². The van der Waals surface area contributed by atoms with Crippen molar-refractivity contribution in [3.63, 3.8) is 0 Å². The lowest BCUT2D eigenvalue weighted by Crippen LogP contribution is -2.57. The van der Waals surface area contributed by atoms with Crippen LogP contribution in [0.4, 0.5) is 0 Å². The third kappa shape index (κ3) is 3.62. The van der Waals surface area contributed by atoms with Gasteiger partial charge in [0, 0.05) is 4.75 Å². The molecule has 0 bridgehead atoms. The number of amides is 1. The minimum absolute atomic E-state index is 0.306. The maximum atomic E-state index is 11.9. The van der Waals surface area contributed by atoms with Gasteiger partial charge in [-0.1, -0.05) is 6.92 Å². The van der Waals surface area contributed by atoms with Crippen LogP contribution in [0.3, 0.4) is 0 Å². The van der Waals surface area contributed by atoms with Crippen molar-refractivity contribution >= 4 is 25.0 Å². The van der Waals surface area contributed by atoms with Gasteiger partial charge in [0.2, 0.25) is 6.41 Å². The normalized spacial score (nSPS) is 21.1. The summed E-state index contributed by atoms with van der Waals surface area (Å²) in [6.07, 6.45) is 2.06. The maximum Gasteiger partial charge on any atom is 0.330 e. The fourth-order valence-electron chi connectivity index (χ4n) is 2.28. The van der Waals surface area contributed by atoms with Crippen molar-refractivity contribution < 1.29 is 14.3 Å². The molecule has 5 nitrogen and oxygen atoms in total. The second kappa shape index (κ2) is 6.99. The predicted octanol–water partition coefficient (Wildman–Crippen LogP) is 0.448. The molecule has 0 aliphatic carbocycles. The molecule has 1 atom stereocenters. The molecule has 1 heterocycles. The van der Waals surface area contributed by atoms with Crippen LogP contribution in [-0.2, 0) is 14.3 Å². The largest absolute Gasteiger partial charge is 0.464 e. The van der Waals surface area contributed by atoms with Gasteiger partial charge in [-0.2, -0.15) is 12.6 Å². The summed E-state index contributed by atoms with van der Waals surface area (Å²) in [6.45, 7) is 6.93. The standard InChI is InChI=1S/C12H22N2O3S/c1-3-14-7-5-12(18,6-8-14)10(13-9-15)11(16)17-4-2/h9-10,18H,3-8H2,1-2H3,(H,13,15). The van der Waals surface area contributed by atoms with E-state index in [2.05, 4.69) is 29.8 Å². The highest BCUT2D eigenvalue weighted by atomic mass is 32.1. The fraction of sp³-hybridized carbons (Fsp3) is 0.833. The van der Waals surface area contributed by atoms with Crippen LogP contribution < -0.4 is 5.32 Å². The molecule has 1 aliphatic rings. The van der Waals surface area contributed by atoms with E-state index in [-0.39, 0.29) is 0 Å². The van der Waals surface area contributed by atoms with Gasteiger partial charge in [0.1, 0.15) is 6.04 Å². The zero-order chi connectivity index (χ0) is 13.6. The topological polar surface area (TPSA) is 58.6 Å². The van der Waals surface area contributed by atoms with Crippen LogP contribution in [0.5, 0.6) is 0 Å². The molecule has 1 amide bonds. The molecular weight excluding hydrogens is 252 g/mol. The molecule has 104 valence electrons. The fourth-order valence-corrected chi connectivity index (χ4v) is 2.66. The number of thiol groups is 1. The SMILES string of the molecule is CCOC(=O)C(NC=O)C1(S)CCN(CC)CC1. The molecule has 1 aliphatic heterocycles. The second-order valence-corrected chi connectivity index (χ2v) is 5.40. The number of ether oxygens (including phenoxy) is 1. The maximum absolute atomic E-state index is 11.9. The summed E-state index contributed by atoms with van der Waals surface area (Å²) < 4.78 is 4.49. The minimum atomic E-state index is -0.669. The molecule has 6 heteroatoms. The van der Waals surface area contributed by atoms with Gasteiger partial charge in [-0.25, -0.2) is 4.79 Å². The third-order valence-corrected chi connectivity index (χ3v) is 4.17. The summed E-state index contributed by atoms with van der Waals surface area (Å²) in [7, 11) is 0. The van der Waals surface area contributed by atoms with E-state index in [1.807, 2.05) is 0 Å². The van der Waals surface area contributed by atoms with Crippen molar-refractivity contribution in [1.82, 2.24) is 10.2 Å². The van der Waals surface area contributed by atoms with Gasteiger partial charge in [-0.3, -0.25) is 4.79 Å². The van der Waals surface area contributed by atoms with Gasteiger partial charge in [0.15, 0.2) is 0 Å². The number of nitrogens with one attached hydrogen (secondary N) is 1. The van der Waals surface area contributed by atoms with Crippen molar-refractivity contribution in [2.24, 2.45) is 0 Å². The van der Waals surface area contributed by atoms with Gasteiger partial charge in [0.05, 0.1) is 6.61 Å². The van der Waals surface area contributed by atoms with E-state index in [4.69, 9.17) is 4.74 Å². The highest BCUT2D eigenvalue weighted by Gasteiger charge is 2.43. The Labute approximate surface area is 114 Å². The quantitative estimate of drug-likeness (QED) is 0.419. The number of esters is 1. The first-order valence-corrected chi connectivity index (χ1v) is 6.83. The van der Waals surface area contributed by atoms with E-state index in [0.717, 1.165) is 32.5 Å². The number of nitrogens with zero attached hydrogens (tertiary/aromatic N) is 1. The van der Waals surface area contributed by atoms with E-state index in [1.54, 1.807) is 6.92 Å². The molecule has 1 saturated heterocycles. The van der Waals surface area contributed by atoms with E-state index in [9.17, 15) is 9.59 Å². The highest BCUT2D eigenvalue weighted by molar-refractivity contribution is 7.82. The van der Waals surface area contributed by atoms with Gasteiger partial charge in [-0.15, -0.1) is 0 Å². The Balaban J connectivity index is 2.72. The van der Waals surface area contributed by atoms with E-state index >= 15 is 0 Å². The zero-order valence-corrected chi connectivity index (χ0v) is 11.9. The Hall–Kier alpha value is -0.750. The number of carbonyl (C=O) groups is 2. The molecule has 0 aromatic carbocycles. The predicted molar refractivity (Wildman–Crippen MR) is 72.7 cm³/mol. The summed E-state index contributed by atoms with van der Waals surface area (Å²) in [5.74, 6) is -0.399. The molecule has 0 aromatic rings. The number of likely N-dealkylation sites (tertiary alicyclic amines) is 1. The Morgan fingerprint density at radius 3 is 2.56 bits per heavy atom. The van der Waals surface area contributed by atoms with Crippen molar-refractivity contribution in [3.05, 3.63) is 0 Å². The highest BCUT2D eigenvalue weighted by Crippen LogP contribution is 2.32. The van der Waals surface area contributed by atoms with Gasteiger partial charge in [0.25, 0.3) is 0 Å². The van der Waals surface area contributed by atoms with Gasteiger partial charge in [-0.05, 0) is 39.4 Å². The Morgan fingerprint density at radius 2 is 2.11 bits per heavy atom. The molecule has 1 rings (SSSR count). The van der Waals surface area contributed by atoms with E-state index in [1.165, 1.54) is 0 Å². The molecule has 0 radical (unpaired) electrons. The smallest absolute Gasteiger partial charge is 0.330 e.